The van der Waals surface area contributed by atoms with E-state index >= 15 is 0 Å². The minimum atomic E-state index is 0.0974. The molecule has 1 amide bonds. The molecular formula is C9H16N4OS. The van der Waals surface area contributed by atoms with E-state index < -0.39 is 0 Å². The van der Waals surface area contributed by atoms with Crippen molar-refractivity contribution in [1.29, 1.82) is 0 Å². The van der Waals surface area contributed by atoms with Crippen LogP contribution in [0, 0.1) is 4.77 Å². The molecule has 0 atom stereocenters. The van der Waals surface area contributed by atoms with Crippen LogP contribution in [-0.4, -0.2) is 39.7 Å². The SMILES string of the molecule is CCc1n[nH]c(=S)n1CCC(=O)N(C)C. The first-order valence-corrected chi connectivity index (χ1v) is 5.31. The molecule has 1 N–H and O–H groups in total. The maximum atomic E-state index is 11.4. The number of amides is 1. The number of hydrogen-bond donors (Lipinski definition) is 1. The zero-order valence-electron chi connectivity index (χ0n) is 9.28. The molecule has 1 rings (SSSR count). The van der Waals surface area contributed by atoms with Crippen LogP contribution in [0.15, 0.2) is 0 Å². The molecule has 1 aromatic rings. The van der Waals surface area contributed by atoms with Crippen LogP contribution in [0.1, 0.15) is 19.2 Å². The fourth-order valence-corrected chi connectivity index (χ4v) is 1.52. The van der Waals surface area contributed by atoms with Gasteiger partial charge in [0.25, 0.3) is 0 Å². The zero-order valence-corrected chi connectivity index (χ0v) is 10.1. The van der Waals surface area contributed by atoms with E-state index in [-0.39, 0.29) is 5.91 Å². The quantitative estimate of drug-likeness (QED) is 0.782. The summed E-state index contributed by atoms with van der Waals surface area (Å²) in [6.07, 6.45) is 1.26. The molecule has 0 radical (unpaired) electrons. The first-order chi connectivity index (χ1) is 7.06. The Hall–Kier alpha value is -1.17. The number of carbonyl (C=O) groups excluding carboxylic acids is 1. The molecule has 1 aromatic heterocycles. The van der Waals surface area contributed by atoms with Crippen molar-refractivity contribution in [3.05, 3.63) is 10.6 Å². The molecule has 1 heterocycles. The largest absolute Gasteiger partial charge is 0.349 e. The van der Waals surface area contributed by atoms with E-state index in [1.165, 1.54) is 0 Å². The second kappa shape index (κ2) is 5.06. The number of nitrogens with one attached hydrogen (secondary N) is 1. The highest BCUT2D eigenvalue weighted by Gasteiger charge is 2.07. The van der Waals surface area contributed by atoms with Crippen LogP contribution >= 0.6 is 12.2 Å². The molecule has 15 heavy (non-hydrogen) atoms. The molecule has 0 spiro atoms. The maximum absolute atomic E-state index is 11.4. The highest BCUT2D eigenvalue weighted by molar-refractivity contribution is 7.71. The van der Waals surface area contributed by atoms with Gasteiger partial charge in [-0.05, 0) is 12.2 Å². The van der Waals surface area contributed by atoms with E-state index in [4.69, 9.17) is 12.2 Å². The Morgan fingerprint density at radius 1 is 1.60 bits per heavy atom. The summed E-state index contributed by atoms with van der Waals surface area (Å²) in [5.41, 5.74) is 0. The minimum Gasteiger partial charge on any atom is -0.349 e. The van der Waals surface area contributed by atoms with Gasteiger partial charge in [0.05, 0.1) is 0 Å². The van der Waals surface area contributed by atoms with Crippen molar-refractivity contribution in [2.45, 2.75) is 26.3 Å². The van der Waals surface area contributed by atoms with Gasteiger partial charge in [0.2, 0.25) is 5.91 Å². The Kier molecular flexibility index (Phi) is 4.02. The maximum Gasteiger partial charge on any atom is 0.223 e. The molecule has 0 bridgehead atoms. The fourth-order valence-electron chi connectivity index (χ4n) is 1.28. The van der Waals surface area contributed by atoms with Crippen molar-refractivity contribution < 1.29 is 4.79 Å². The van der Waals surface area contributed by atoms with E-state index in [0.29, 0.717) is 17.7 Å². The van der Waals surface area contributed by atoms with E-state index in [0.717, 1.165) is 12.2 Å². The number of aryl methyl sites for hydroxylation is 1. The molecule has 0 aliphatic carbocycles. The third-order valence-electron chi connectivity index (χ3n) is 2.20. The second-order valence-corrected chi connectivity index (χ2v) is 3.88. The van der Waals surface area contributed by atoms with E-state index in [1.54, 1.807) is 19.0 Å². The van der Waals surface area contributed by atoms with Gasteiger partial charge in [0.1, 0.15) is 5.82 Å². The lowest BCUT2D eigenvalue weighted by Crippen LogP contribution is -2.23. The number of carbonyl (C=O) groups is 1. The predicted molar refractivity (Wildman–Crippen MR) is 60.1 cm³/mol. The van der Waals surface area contributed by atoms with Crippen LogP contribution in [-0.2, 0) is 17.8 Å². The Labute approximate surface area is 94.1 Å². The van der Waals surface area contributed by atoms with Crippen LogP contribution in [0.2, 0.25) is 0 Å². The Balaban J connectivity index is 2.68. The molecule has 0 unspecified atom stereocenters. The van der Waals surface area contributed by atoms with Gasteiger partial charge in [0.15, 0.2) is 4.77 Å². The van der Waals surface area contributed by atoms with Crippen LogP contribution < -0.4 is 0 Å². The number of hydrogen-bond acceptors (Lipinski definition) is 3. The van der Waals surface area contributed by atoms with Crippen LogP contribution in [0.4, 0.5) is 0 Å². The van der Waals surface area contributed by atoms with Crippen molar-refractivity contribution >= 4 is 18.1 Å². The van der Waals surface area contributed by atoms with Crippen molar-refractivity contribution in [1.82, 2.24) is 19.7 Å². The van der Waals surface area contributed by atoms with Gasteiger partial charge in [-0.1, -0.05) is 6.92 Å². The van der Waals surface area contributed by atoms with Crippen LogP contribution in [0.5, 0.6) is 0 Å². The molecule has 0 aromatic carbocycles. The molecule has 5 nitrogen and oxygen atoms in total. The van der Waals surface area contributed by atoms with E-state index in [9.17, 15) is 4.79 Å². The summed E-state index contributed by atoms with van der Waals surface area (Å²) in [4.78, 5) is 13.0. The van der Waals surface area contributed by atoms with Gasteiger partial charge in [-0.2, -0.15) is 5.10 Å². The van der Waals surface area contributed by atoms with Gasteiger partial charge in [0, 0.05) is 33.5 Å². The molecule has 0 aliphatic heterocycles. The minimum absolute atomic E-state index is 0.0974. The third kappa shape index (κ3) is 2.89. The molecule has 84 valence electrons. The van der Waals surface area contributed by atoms with Gasteiger partial charge in [-0.15, -0.1) is 0 Å². The standard InChI is InChI=1S/C9H16N4OS/c1-4-7-10-11-9(15)13(7)6-5-8(14)12(2)3/h4-6H2,1-3H3,(H,11,15). The molecule has 0 aliphatic rings. The molecule has 6 heteroatoms. The van der Waals surface area contributed by atoms with Crippen molar-refractivity contribution in [2.75, 3.05) is 14.1 Å². The normalized spacial score (nSPS) is 10.3. The topological polar surface area (TPSA) is 53.9 Å². The zero-order chi connectivity index (χ0) is 11.4. The molecule has 0 fully saturated rings. The Bertz CT molecular complexity index is 393. The molecule has 0 saturated heterocycles. The number of H-pyrrole nitrogens is 1. The van der Waals surface area contributed by atoms with E-state index in [2.05, 4.69) is 10.2 Å². The highest BCUT2D eigenvalue weighted by atomic mass is 32.1. The first-order valence-electron chi connectivity index (χ1n) is 4.90. The summed E-state index contributed by atoms with van der Waals surface area (Å²) in [5.74, 6) is 0.992. The summed E-state index contributed by atoms with van der Waals surface area (Å²) >= 11 is 5.08. The Morgan fingerprint density at radius 3 is 2.80 bits per heavy atom. The number of rotatable bonds is 4. The lowest BCUT2D eigenvalue weighted by Gasteiger charge is -2.10. The predicted octanol–water partition coefficient (Wildman–Crippen LogP) is 0.981. The summed E-state index contributed by atoms with van der Waals surface area (Å²) in [6, 6.07) is 0. The van der Waals surface area contributed by atoms with Crippen molar-refractivity contribution in [2.24, 2.45) is 0 Å². The first kappa shape index (κ1) is 11.9. The van der Waals surface area contributed by atoms with Gasteiger partial charge < -0.3 is 9.47 Å². The summed E-state index contributed by atoms with van der Waals surface area (Å²) in [7, 11) is 3.50. The van der Waals surface area contributed by atoms with E-state index in [1.807, 2.05) is 11.5 Å². The number of aromatic nitrogens is 3. The van der Waals surface area contributed by atoms with Gasteiger partial charge in [-0.25, -0.2) is 0 Å². The van der Waals surface area contributed by atoms with Gasteiger partial charge >= 0.3 is 0 Å². The number of aromatic amines is 1. The monoisotopic (exact) mass is 228 g/mol. The summed E-state index contributed by atoms with van der Waals surface area (Å²) in [5, 5.41) is 6.81. The smallest absolute Gasteiger partial charge is 0.223 e. The lowest BCUT2D eigenvalue weighted by atomic mass is 10.3. The average Bonchev–Trinajstić information content (AvgIpc) is 2.55. The average molecular weight is 228 g/mol. The molecular weight excluding hydrogens is 212 g/mol. The van der Waals surface area contributed by atoms with Crippen molar-refractivity contribution in [3.63, 3.8) is 0 Å². The van der Waals surface area contributed by atoms with Crippen LogP contribution in [0.3, 0.4) is 0 Å². The highest BCUT2D eigenvalue weighted by Crippen LogP contribution is 2.01. The Morgan fingerprint density at radius 2 is 2.27 bits per heavy atom. The van der Waals surface area contributed by atoms with Crippen molar-refractivity contribution in [3.8, 4) is 0 Å². The molecule has 0 saturated carbocycles. The lowest BCUT2D eigenvalue weighted by molar-refractivity contribution is -0.128. The summed E-state index contributed by atoms with van der Waals surface area (Å²) in [6.45, 7) is 2.60. The summed E-state index contributed by atoms with van der Waals surface area (Å²) < 4.78 is 2.45. The van der Waals surface area contributed by atoms with Crippen LogP contribution in [0.25, 0.3) is 0 Å². The fraction of sp³-hybridized carbons (Fsp3) is 0.667. The van der Waals surface area contributed by atoms with Gasteiger partial charge in [-0.3, -0.25) is 9.89 Å². The second-order valence-electron chi connectivity index (χ2n) is 3.49. The number of nitrogens with zero attached hydrogens (tertiary/aromatic N) is 3. The third-order valence-corrected chi connectivity index (χ3v) is 2.51.